The quantitative estimate of drug-likeness (QED) is 0.523. The number of halogens is 1. The molecule has 0 unspecified atom stereocenters. The molecule has 0 bridgehead atoms. The molecule has 2 heterocycles. The Morgan fingerprint density at radius 3 is 2.65 bits per heavy atom. The Labute approximate surface area is 150 Å². The van der Waals surface area contributed by atoms with E-state index < -0.39 is 11.9 Å². The van der Waals surface area contributed by atoms with Crippen molar-refractivity contribution in [3.8, 4) is 0 Å². The van der Waals surface area contributed by atoms with E-state index >= 15 is 0 Å². The van der Waals surface area contributed by atoms with Crippen LogP contribution in [0.2, 0.25) is 0 Å². The summed E-state index contributed by atoms with van der Waals surface area (Å²) in [6, 6.07) is 14.1. The number of hydrogen-bond acceptors (Lipinski definition) is 5. The average molecular weight is 351 g/mol. The summed E-state index contributed by atoms with van der Waals surface area (Å²) in [7, 11) is 0. The van der Waals surface area contributed by atoms with Crippen LogP contribution in [-0.4, -0.2) is 25.3 Å². The van der Waals surface area contributed by atoms with Crippen molar-refractivity contribution < 1.29 is 10.9 Å². The number of aryl methyl sites for hydroxylation is 1. The highest BCUT2D eigenvalue weighted by Crippen LogP contribution is 2.27. The van der Waals surface area contributed by atoms with Crippen LogP contribution in [0.25, 0.3) is 10.9 Å². The third kappa shape index (κ3) is 3.12. The van der Waals surface area contributed by atoms with Gasteiger partial charge in [0.1, 0.15) is 17.7 Å². The number of nitrogens with one attached hydrogen (secondary N) is 2. The van der Waals surface area contributed by atoms with Crippen LogP contribution in [0.5, 0.6) is 0 Å². The van der Waals surface area contributed by atoms with Gasteiger partial charge in [-0.25, -0.2) is 14.4 Å². The Morgan fingerprint density at radius 2 is 1.92 bits per heavy atom. The van der Waals surface area contributed by atoms with E-state index in [1.165, 1.54) is 24.3 Å². The first kappa shape index (κ1) is 15.0. The molecule has 2 aromatic carbocycles. The Morgan fingerprint density at radius 1 is 1.15 bits per heavy atom. The second kappa shape index (κ2) is 6.53. The van der Waals surface area contributed by atoms with E-state index in [0.29, 0.717) is 17.2 Å². The second-order valence-electron chi connectivity index (χ2n) is 5.83. The minimum Gasteiger partial charge on any atom is -0.380 e. The molecule has 0 aliphatic rings. The zero-order chi connectivity index (χ0) is 19.0. The van der Waals surface area contributed by atoms with Gasteiger partial charge in [-0.3, -0.25) is 5.10 Å². The Kier molecular flexibility index (Phi) is 3.76. The number of fused-ring (bicyclic) bond motifs is 1. The highest BCUT2D eigenvalue weighted by molar-refractivity contribution is 5.90. The summed E-state index contributed by atoms with van der Waals surface area (Å²) in [5.41, 5.74) is 1.60. The van der Waals surface area contributed by atoms with Crippen molar-refractivity contribution in [2.45, 2.75) is 13.0 Å². The summed E-state index contributed by atoms with van der Waals surface area (Å²) < 4.78 is 21.6. The maximum atomic E-state index is 13.2. The van der Waals surface area contributed by atoms with Gasteiger partial charge in [-0.1, -0.05) is 24.3 Å². The topological polar surface area (TPSA) is 86.7 Å². The Hall–Kier alpha value is -3.32. The van der Waals surface area contributed by atoms with Gasteiger partial charge in [0.05, 0.1) is 6.89 Å². The molecule has 4 rings (SSSR count). The number of H-pyrrole nitrogens is 1. The minimum absolute atomic E-state index is 0.123. The first-order valence-corrected chi connectivity index (χ1v) is 7.98. The molecule has 3 N–H and O–H groups in total. The molecule has 0 amide bonds. The number of nitrogens with zero attached hydrogens (tertiary/aromatic N) is 3. The normalized spacial score (nSPS) is 14.0. The summed E-state index contributed by atoms with van der Waals surface area (Å²) >= 11 is 0. The molecule has 0 spiro atoms. The van der Waals surface area contributed by atoms with Gasteiger partial charge in [0, 0.05) is 17.1 Å². The molecule has 7 heteroatoms. The number of anilines is 2. The highest BCUT2D eigenvalue weighted by atomic mass is 19.1. The minimum atomic E-state index is -2.24. The first-order valence-electron chi connectivity index (χ1n) is 8.48. The van der Waals surface area contributed by atoms with E-state index in [1.807, 2.05) is 31.2 Å². The number of aromatic amines is 1. The molecular formula is C19H16FN5O. The van der Waals surface area contributed by atoms with Gasteiger partial charge in [-0.2, -0.15) is 5.10 Å². The van der Waals surface area contributed by atoms with Gasteiger partial charge in [0.15, 0.2) is 11.6 Å². The van der Waals surface area contributed by atoms with Crippen molar-refractivity contribution >= 4 is 22.5 Å². The number of aromatic nitrogens is 4. The van der Waals surface area contributed by atoms with Crippen LogP contribution in [0, 0.1) is 12.7 Å². The van der Waals surface area contributed by atoms with Gasteiger partial charge < -0.3 is 10.4 Å². The molecule has 0 fully saturated rings. The third-order valence-corrected chi connectivity index (χ3v) is 3.89. The SMILES string of the molecule is [3H][C@@](O)(c1ccc(F)cc1)c1nc(Nc2cc(C)[nH]n2)c2ccccc2n1. The Balaban J connectivity index is 1.84. The number of hydrogen-bond donors (Lipinski definition) is 3. The van der Waals surface area contributed by atoms with Crippen molar-refractivity contribution in [2.24, 2.45) is 0 Å². The first-order chi connectivity index (χ1) is 12.9. The fraction of sp³-hybridized carbons (Fsp3) is 0.105. The van der Waals surface area contributed by atoms with Gasteiger partial charge in [0.2, 0.25) is 0 Å². The van der Waals surface area contributed by atoms with Gasteiger partial charge in [0.25, 0.3) is 0 Å². The van der Waals surface area contributed by atoms with E-state index in [4.69, 9.17) is 1.37 Å². The number of aliphatic hydroxyl groups is 1. The molecule has 0 radical (unpaired) electrons. The smallest absolute Gasteiger partial charge is 0.164 e. The molecule has 4 aromatic rings. The van der Waals surface area contributed by atoms with Crippen LogP contribution in [0.3, 0.4) is 0 Å². The molecular weight excluding hydrogens is 333 g/mol. The van der Waals surface area contributed by atoms with E-state index in [2.05, 4.69) is 25.5 Å². The zero-order valence-electron chi connectivity index (χ0n) is 14.9. The number of rotatable bonds is 4. The number of para-hydroxylation sites is 1. The molecule has 6 nitrogen and oxygen atoms in total. The average Bonchev–Trinajstić information content (AvgIpc) is 3.07. The van der Waals surface area contributed by atoms with Crippen LogP contribution in [0.15, 0.2) is 54.6 Å². The lowest BCUT2D eigenvalue weighted by atomic mass is 10.1. The summed E-state index contributed by atoms with van der Waals surface area (Å²) in [4.78, 5) is 8.71. The van der Waals surface area contributed by atoms with Gasteiger partial charge in [-0.05, 0) is 36.8 Å². The van der Waals surface area contributed by atoms with Crippen LogP contribution >= 0.6 is 0 Å². The van der Waals surface area contributed by atoms with Crippen LogP contribution in [-0.2, 0) is 0 Å². The van der Waals surface area contributed by atoms with E-state index in [1.54, 1.807) is 6.07 Å². The van der Waals surface area contributed by atoms with Crippen LogP contribution in [0.1, 0.15) is 24.5 Å². The third-order valence-electron chi connectivity index (χ3n) is 3.89. The fourth-order valence-electron chi connectivity index (χ4n) is 2.62. The molecule has 0 aliphatic carbocycles. The van der Waals surface area contributed by atoms with Crippen molar-refractivity contribution in [1.82, 2.24) is 20.2 Å². The fourth-order valence-corrected chi connectivity index (χ4v) is 2.62. The van der Waals surface area contributed by atoms with E-state index in [-0.39, 0.29) is 11.4 Å². The second-order valence-corrected chi connectivity index (χ2v) is 5.83. The van der Waals surface area contributed by atoms with Crippen molar-refractivity contribution in [3.63, 3.8) is 0 Å². The van der Waals surface area contributed by atoms with Crippen LogP contribution < -0.4 is 5.32 Å². The zero-order valence-corrected chi connectivity index (χ0v) is 13.9. The summed E-state index contributed by atoms with van der Waals surface area (Å²) in [6.07, 6.45) is -2.24. The maximum Gasteiger partial charge on any atom is 0.164 e. The largest absolute Gasteiger partial charge is 0.380 e. The molecule has 26 heavy (non-hydrogen) atoms. The lowest BCUT2D eigenvalue weighted by molar-refractivity contribution is 0.210. The number of benzene rings is 2. The lowest BCUT2D eigenvalue weighted by Crippen LogP contribution is -2.08. The predicted octanol–water partition coefficient (Wildman–Crippen LogP) is 3.63. The van der Waals surface area contributed by atoms with E-state index in [9.17, 15) is 9.50 Å². The van der Waals surface area contributed by atoms with E-state index in [0.717, 1.165) is 11.1 Å². The molecule has 0 aliphatic heterocycles. The predicted molar refractivity (Wildman–Crippen MR) is 96.6 cm³/mol. The van der Waals surface area contributed by atoms with Gasteiger partial charge in [-0.15, -0.1) is 0 Å². The molecule has 0 saturated carbocycles. The van der Waals surface area contributed by atoms with Crippen LogP contribution in [0.4, 0.5) is 16.0 Å². The Bertz CT molecular complexity index is 1110. The molecule has 1 atom stereocenters. The summed E-state index contributed by atoms with van der Waals surface area (Å²) in [5, 5.41) is 21.5. The van der Waals surface area contributed by atoms with Crippen molar-refractivity contribution in [1.29, 1.82) is 0 Å². The maximum absolute atomic E-state index is 13.2. The summed E-state index contributed by atoms with van der Waals surface area (Å²) in [6.45, 7) is 1.87. The molecule has 130 valence electrons. The van der Waals surface area contributed by atoms with Gasteiger partial charge >= 0.3 is 0 Å². The molecule has 0 saturated heterocycles. The summed E-state index contributed by atoms with van der Waals surface area (Å²) in [5.74, 6) is 0.389. The lowest BCUT2D eigenvalue weighted by Gasteiger charge is -2.13. The molecule has 2 aromatic heterocycles. The monoisotopic (exact) mass is 351 g/mol. The van der Waals surface area contributed by atoms with Crippen molar-refractivity contribution in [2.75, 3.05) is 5.32 Å². The van der Waals surface area contributed by atoms with Crippen molar-refractivity contribution in [3.05, 3.63) is 77.5 Å². The highest BCUT2D eigenvalue weighted by Gasteiger charge is 2.17. The standard InChI is InChI=1S/C19H16FN5O/c1-11-10-16(25-24-11)22-18-14-4-2-3-5-15(14)21-19(23-18)17(26)12-6-8-13(20)9-7-12/h2-10,17,26H,1H3,(H2,21,22,23,24,25)/t17-/m1/s1/i17T.